The molecule has 10 heteroatoms. The molecule has 0 saturated heterocycles. The first-order chi connectivity index (χ1) is 11.9. The molecular formula is C15H13N3O7. The van der Waals surface area contributed by atoms with Crippen molar-refractivity contribution in [1.82, 2.24) is 5.32 Å². The van der Waals surface area contributed by atoms with Gasteiger partial charge in [-0.25, -0.2) is 9.59 Å². The maximum atomic E-state index is 10.7. The van der Waals surface area contributed by atoms with Gasteiger partial charge in [0, 0.05) is 24.2 Å². The van der Waals surface area contributed by atoms with E-state index in [1.54, 1.807) is 18.2 Å². The second-order valence-electron chi connectivity index (χ2n) is 4.74. The molecule has 3 rings (SSSR count). The molecule has 10 nitrogen and oxygen atoms in total. The average Bonchev–Trinajstić information content (AvgIpc) is 3.26. The molecule has 0 atom stereocenters. The van der Waals surface area contributed by atoms with Gasteiger partial charge in [0.25, 0.3) is 5.69 Å². The van der Waals surface area contributed by atoms with E-state index >= 15 is 0 Å². The number of nitrogens with zero attached hydrogens (tertiary/aromatic N) is 2. The van der Waals surface area contributed by atoms with Crippen LogP contribution in [0.4, 0.5) is 5.69 Å². The molecule has 1 aliphatic rings. The molecule has 0 radical (unpaired) electrons. The average molecular weight is 347 g/mol. The minimum atomic E-state index is -1.82. The van der Waals surface area contributed by atoms with Gasteiger partial charge in [-0.1, -0.05) is 12.1 Å². The van der Waals surface area contributed by atoms with Crippen molar-refractivity contribution in [2.24, 2.45) is 4.99 Å². The number of non-ortho nitro benzene ring substituents is 1. The van der Waals surface area contributed by atoms with Gasteiger partial charge < -0.3 is 19.9 Å². The Hall–Kier alpha value is -3.69. The van der Waals surface area contributed by atoms with Crippen molar-refractivity contribution in [1.29, 1.82) is 0 Å². The van der Waals surface area contributed by atoms with E-state index in [2.05, 4.69) is 10.3 Å². The van der Waals surface area contributed by atoms with Crippen LogP contribution in [0.1, 0.15) is 5.76 Å². The maximum absolute atomic E-state index is 10.7. The summed E-state index contributed by atoms with van der Waals surface area (Å²) in [5, 5.41) is 28.6. The number of hydrogen-bond acceptors (Lipinski definition) is 7. The normalized spacial score (nSPS) is 12.4. The third-order valence-corrected chi connectivity index (χ3v) is 3.04. The largest absolute Gasteiger partial charge is 0.473 e. The van der Waals surface area contributed by atoms with Gasteiger partial charge in [0.05, 0.1) is 11.5 Å². The van der Waals surface area contributed by atoms with Gasteiger partial charge in [0.1, 0.15) is 5.76 Å². The number of rotatable bonds is 3. The molecule has 25 heavy (non-hydrogen) atoms. The van der Waals surface area contributed by atoms with E-state index in [9.17, 15) is 10.1 Å². The van der Waals surface area contributed by atoms with Crippen LogP contribution in [0.2, 0.25) is 0 Å². The van der Waals surface area contributed by atoms with E-state index < -0.39 is 16.9 Å². The molecule has 0 amide bonds. The number of nitro benzene ring substituents is 1. The monoisotopic (exact) mass is 347 g/mol. The lowest BCUT2D eigenvalue weighted by molar-refractivity contribution is -0.384. The zero-order valence-corrected chi connectivity index (χ0v) is 12.7. The third kappa shape index (κ3) is 4.64. The lowest BCUT2D eigenvalue weighted by atomic mass is 10.1. The number of hydrogen-bond donors (Lipinski definition) is 3. The van der Waals surface area contributed by atoms with Crippen LogP contribution in [0.25, 0.3) is 11.3 Å². The van der Waals surface area contributed by atoms with Crippen LogP contribution in [-0.2, 0) is 9.59 Å². The van der Waals surface area contributed by atoms with Crippen LogP contribution in [0, 0.1) is 10.1 Å². The molecule has 0 unspecified atom stereocenters. The van der Waals surface area contributed by atoms with E-state index in [-0.39, 0.29) is 5.69 Å². The van der Waals surface area contributed by atoms with Gasteiger partial charge in [0.2, 0.25) is 0 Å². The summed E-state index contributed by atoms with van der Waals surface area (Å²) in [6.07, 6.45) is 0. The molecule has 130 valence electrons. The SMILES string of the molecule is O=C(O)C(=O)O.O=[N+]([O-])c1cccc(-c2ccc(C3=NCCN3)o2)c1. The Labute approximate surface area is 140 Å². The van der Waals surface area contributed by atoms with Gasteiger partial charge >= 0.3 is 11.9 Å². The Balaban J connectivity index is 0.000000326. The van der Waals surface area contributed by atoms with E-state index in [1.807, 2.05) is 6.07 Å². The van der Waals surface area contributed by atoms with Crippen molar-refractivity contribution in [2.45, 2.75) is 0 Å². The first kappa shape index (κ1) is 17.7. The van der Waals surface area contributed by atoms with Gasteiger partial charge in [-0.2, -0.15) is 0 Å². The molecule has 0 aliphatic carbocycles. The lowest BCUT2D eigenvalue weighted by Crippen LogP contribution is -2.18. The summed E-state index contributed by atoms with van der Waals surface area (Å²) in [4.78, 5) is 32.8. The summed E-state index contributed by atoms with van der Waals surface area (Å²) in [7, 11) is 0. The molecule has 0 saturated carbocycles. The fraction of sp³-hybridized carbons (Fsp3) is 0.133. The molecule has 0 fully saturated rings. The number of nitro groups is 1. The molecular weight excluding hydrogens is 334 g/mol. The van der Waals surface area contributed by atoms with Crippen LogP contribution in [0.3, 0.4) is 0 Å². The quantitative estimate of drug-likeness (QED) is 0.427. The van der Waals surface area contributed by atoms with Crippen LogP contribution >= 0.6 is 0 Å². The van der Waals surface area contributed by atoms with Crippen molar-refractivity contribution in [3.63, 3.8) is 0 Å². The lowest BCUT2D eigenvalue weighted by Gasteiger charge is -1.99. The predicted octanol–water partition coefficient (Wildman–Crippen LogP) is 1.36. The summed E-state index contributed by atoms with van der Waals surface area (Å²) in [5.74, 6) is -1.67. The Kier molecular flexibility index (Phi) is 5.46. The number of carboxylic acid groups (broad SMARTS) is 2. The Morgan fingerprint density at radius 1 is 1.16 bits per heavy atom. The smallest absolute Gasteiger partial charge is 0.414 e. The van der Waals surface area contributed by atoms with Crippen LogP contribution in [-0.4, -0.2) is 46.0 Å². The zero-order valence-electron chi connectivity index (χ0n) is 12.7. The molecule has 0 bridgehead atoms. The molecule has 2 aromatic rings. The van der Waals surface area contributed by atoms with Crippen molar-refractivity contribution >= 4 is 23.5 Å². The molecule has 1 aliphatic heterocycles. The van der Waals surface area contributed by atoms with Crippen molar-refractivity contribution < 1.29 is 29.1 Å². The van der Waals surface area contributed by atoms with Gasteiger partial charge in [0.15, 0.2) is 11.6 Å². The topological polar surface area (TPSA) is 155 Å². The highest BCUT2D eigenvalue weighted by Gasteiger charge is 2.14. The number of carbonyl (C=O) groups is 2. The minimum absolute atomic E-state index is 0.0479. The third-order valence-electron chi connectivity index (χ3n) is 3.04. The first-order valence-corrected chi connectivity index (χ1v) is 6.98. The van der Waals surface area contributed by atoms with Crippen molar-refractivity contribution in [2.75, 3.05) is 13.1 Å². The molecule has 3 N–H and O–H groups in total. The fourth-order valence-corrected chi connectivity index (χ4v) is 1.96. The van der Waals surface area contributed by atoms with E-state index in [0.29, 0.717) is 17.1 Å². The Bertz CT molecular complexity index is 829. The number of aliphatic carboxylic acids is 2. The van der Waals surface area contributed by atoms with Gasteiger partial charge in [-0.05, 0) is 12.1 Å². The minimum Gasteiger partial charge on any atom is -0.473 e. The van der Waals surface area contributed by atoms with Gasteiger partial charge in [-0.15, -0.1) is 0 Å². The number of aliphatic imine (C=N–C) groups is 1. The second-order valence-corrected chi connectivity index (χ2v) is 4.74. The first-order valence-electron chi connectivity index (χ1n) is 6.98. The Morgan fingerprint density at radius 3 is 2.40 bits per heavy atom. The number of amidine groups is 1. The standard InChI is InChI=1S/C13H11N3O3.C2H2O4/c17-16(18)10-3-1-2-9(8-10)11-4-5-12(19-11)13-14-6-7-15-13;3-1(4)2(5)6/h1-5,8H,6-7H2,(H,14,15);(H,3,4)(H,5,6). The van der Waals surface area contributed by atoms with E-state index in [0.717, 1.165) is 18.9 Å². The van der Waals surface area contributed by atoms with E-state index in [4.69, 9.17) is 24.2 Å². The predicted molar refractivity (Wildman–Crippen MR) is 85.5 cm³/mol. The highest BCUT2D eigenvalue weighted by Crippen LogP contribution is 2.26. The van der Waals surface area contributed by atoms with Crippen molar-refractivity contribution in [3.8, 4) is 11.3 Å². The summed E-state index contributed by atoms with van der Waals surface area (Å²) in [6, 6.07) is 9.96. The van der Waals surface area contributed by atoms with Crippen LogP contribution in [0.5, 0.6) is 0 Å². The summed E-state index contributed by atoms with van der Waals surface area (Å²) >= 11 is 0. The number of nitrogens with one attached hydrogen (secondary N) is 1. The second kappa shape index (κ2) is 7.73. The number of benzene rings is 1. The Morgan fingerprint density at radius 2 is 1.84 bits per heavy atom. The summed E-state index contributed by atoms with van der Waals surface area (Å²) in [5.41, 5.74) is 0.728. The zero-order chi connectivity index (χ0) is 18.4. The maximum Gasteiger partial charge on any atom is 0.414 e. The van der Waals surface area contributed by atoms with E-state index in [1.165, 1.54) is 12.1 Å². The number of carboxylic acids is 2. The highest BCUT2D eigenvalue weighted by atomic mass is 16.6. The molecule has 1 aromatic carbocycles. The van der Waals surface area contributed by atoms with Gasteiger partial charge in [-0.3, -0.25) is 15.1 Å². The fourth-order valence-electron chi connectivity index (χ4n) is 1.96. The summed E-state index contributed by atoms with van der Waals surface area (Å²) in [6.45, 7) is 1.55. The molecule has 2 heterocycles. The van der Waals surface area contributed by atoms with Crippen LogP contribution < -0.4 is 5.32 Å². The molecule has 1 aromatic heterocycles. The van der Waals surface area contributed by atoms with Crippen molar-refractivity contribution in [3.05, 3.63) is 52.3 Å². The summed E-state index contributed by atoms with van der Waals surface area (Å²) < 4.78 is 5.67. The molecule has 0 spiro atoms. The number of furan rings is 1. The van der Waals surface area contributed by atoms with Crippen LogP contribution in [0.15, 0.2) is 45.8 Å². The highest BCUT2D eigenvalue weighted by molar-refractivity contribution is 6.27.